The van der Waals surface area contributed by atoms with Crippen LogP contribution in [0.25, 0.3) is 5.57 Å². The molecule has 0 fully saturated rings. The van der Waals surface area contributed by atoms with Gasteiger partial charge in [0.05, 0.1) is 7.11 Å². The first kappa shape index (κ1) is 20.6. The Kier molecular flexibility index (Phi) is 7.43. The summed E-state index contributed by atoms with van der Waals surface area (Å²) in [6.45, 7) is 7.86. The van der Waals surface area contributed by atoms with Gasteiger partial charge in [-0.25, -0.2) is 0 Å². The van der Waals surface area contributed by atoms with Gasteiger partial charge >= 0.3 is 0 Å². The van der Waals surface area contributed by atoms with Gasteiger partial charge in [0, 0.05) is 19.1 Å². The Bertz CT molecular complexity index is 872. The minimum Gasteiger partial charge on any atom is -0.497 e. The van der Waals surface area contributed by atoms with Gasteiger partial charge in [-0.15, -0.1) is 6.58 Å². The van der Waals surface area contributed by atoms with E-state index in [0.717, 1.165) is 18.8 Å². The monoisotopic (exact) mass is 383 g/mol. The Balaban J connectivity index is 1.88. The van der Waals surface area contributed by atoms with Crippen molar-refractivity contribution in [2.75, 3.05) is 20.2 Å². The molecule has 3 rings (SSSR count). The molecule has 0 heterocycles. The van der Waals surface area contributed by atoms with Crippen LogP contribution >= 0.6 is 0 Å². The zero-order valence-electron chi connectivity index (χ0n) is 17.3. The molecular weight excluding hydrogens is 354 g/mol. The summed E-state index contributed by atoms with van der Waals surface area (Å²) >= 11 is 0. The largest absolute Gasteiger partial charge is 0.497 e. The zero-order valence-corrected chi connectivity index (χ0v) is 17.3. The van der Waals surface area contributed by atoms with Gasteiger partial charge in [0.25, 0.3) is 0 Å². The SMILES string of the molecule is C=CCN(CC=C(c1ccccc1)c1ccccc1)C(C)c1ccc(OC)cc1. The number of ether oxygens (including phenoxy) is 1. The quantitative estimate of drug-likeness (QED) is 0.398. The second-order valence-electron chi connectivity index (χ2n) is 7.04. The third-order valence-electron chi connectivity index (χ3n) is 5.21. The molecule has 0 aliphatic heterocycles. The van der Waals surface area contributed by atoms with Crippen LogP contribution in [0.1, 0.15) is 29.7 Å². The van der Waals surface area contributed by atoms with Crippen molar-refractivity contribution < 1.29 is 4.74 Å². The van der Waals surface area contributed by atoms with Crippen LogP contribution < -0.4 is 4.74 Å². The number of hydrogen-bond acceptors (Lipinski definition) is 2. The summed E-state index contributed by atoms with van der Waals surface area (Å²) in [5.41, 5.74) is 4.98. The van der Waals surface area contributed by atoms with Crippen molar-refractivity contribution >= 4 is 5.57 Å². The Morgan fingerprint density at radius 2 is 1.41 bits per heavy atom. The van der Waals surface area contributed by atoms with E-state index in [0.29, 0.717) is 0 Å². The summed E-state index contributed by atoms with van der Waals surface area (Å²) in [5.74, 6) is 0.881. The normalized spacial score (nSPS) is 11.7. The van der Waals surface area contributed by atoms with E-state index in [2.05, 4.69) is 97.3 Å². The molecular formula is C27H29NO. The van der Waals surface area contributed by atoms with Crippen molar-refractivity contribution in [1.29, 1.82) is 0 Å². The molecule has 2 nitrogen and oxygen atoms in total. The minimum absolute atomic E-state index is 0.267. The number of rotatable bonds is 9. The van der Waals surface area contributed by atoms with Crippen LogP contribution in [0.3, 0.4) is 0 Å². The highest BCUT2D eigenvalue weighted by molar-refractivity contribution is 5.79. The van der Waals surface area contributed by atoms with Crippen LogP contribution in [0.2, 0.25) is 0 Å². The maximum absolute atomic E-state index is 5.29. The standard InChI is InChI=1S/C27H29NO/c1-4-20-28(22(2)23-15-17-26(29-3)18-16-23)21-19-27(24-11-7-5-8-12-24)25-13-9-6-10-14-25/h4-19,22H,1,20-21H2,2-3H3. The first-order valence-corrected chi connectivity index (χ1v) is 10.0. The molecule has 0 radical (unpaired) electrons. The fourth-order valence-electron chi connectivity index (χ4n) is 3.50. The van der Waals surface area contributed by atoms with Gasteiger partial charge in [0.1, 0.15) is 5.75 Å². The Morgan fingerprint density at radius 3 is 1.90 bits per heavy atom. The van der Waals surface area contributed by atoms with Crippen LogP contribution in [0.4, 0.5) is 0 Å². The maximum atomic E-state index is 5.29. The van der Waals surface area contributed by atoms with E-state index >= 15 is 0 Å². The summed E-state index contributed by atoms with van der Waals surface area (Å²) in [6.07, 6.45) is 4.30. The minimum atomic E-state index is 0.267. The van der Waals surface area contributed by atoms with Gasteiger partial charge < -0.3 is 4.74 Å². The van der Waals surface area contributed by atoms with Crippen molar-refractivity contribution in [2.24, 2.45) is 0 Å². The van der Waals surface area contributed by atoms with Crippen LogP contribution in [-0.2, 0) is 0 Å². The van der Waals surface area contributed by atoms with Crippen LogP contribution in [0.5, 0.6) is 5.75 Å². The number of methoxy groups -OCH3 is 1. The van der Waals surface area contributed by atoms with Crippen LogP contribution in [0.15, 0.2) is 104 Å². The van der Waals surface area contributed by atoms with E-state index in [4.69, 9.17) is 4.74 Å². The summed E-state index contributed by atoms with van der Waals surface area (Å²) in [6, 6.07) is 29.7. The van der Waals surface area contributed by atoms with Gasteiger partial charge in [-0.2, -0.15) is 0 Å². The molecule has 148 valence electrons. The van der Waals surface area contributed by atoms with Gasteiger partial charge in [0.15, 0.2) is 0 Å². The second kappa shape index (κ2) is 10.4. The molecule has 3 aromatic carbocycles. The van der Waals surface area contributed by atoms with Crippen molar-refractivity contribution in [3.8, 4) is 5.75 Å². The molecule has 1 unspecified atom stereocenters. The van der Waals surface area contributed by atoms with E-state index in [1.165, 1.54) is 22.3 Å². The van der Waals surface area contributed by atoms with Gasteiger partial charge in [-0.05, 0) is 41.3 Å². The average molecular weight is 384 g/mol. The molecule has 2 heteroatoms. The molecule has 0 aliphatic carbocycles. The highest BCUT2D eigenvalue weighted by Crippen LogP contribution is 2.26. The topological polar surface area (TPSA) is 12.5 Å². The molecule has 0 saturated carbocycles. The van der Waals surface area contributed by atoms with Crippen molar-refractivity contribution in [2.45, 2.75) is 13.0 Å². The first-order chi connectivity index (χ1) is 14.2. The third kappa shape index (κ3) is 5.46. The van der Waals surface area contributed by atoms with Crippen LogP contribution in [0, 0.1) is 0 Å². The zero-order chi connectivity index (χ0) is 20.5. The number of benzene rings is 3. The Hall–Kier alpha value is -3.10. The third-order valence-corrected chi connectivity index (χ3v) is 5.21. The van der Waals surface area contributed by atoms with E-state index in [1.54, 1.807) is 7.11 Å². The molecule has 0 aliphatic rings. The summed E-state index contributed by atoms with van der Waals surface area (Å²) in [5, 5.41) is 0. The highest BCUT2D eigenvalue weighted by atomic mass is 16.5. The summed E-state index contributed by atoms with van der Waals surface area (Å²) in [4.78, 5) is 2.42. The maximum Gasteiger partial charge on any atom is 0.118 e. The van der Waals surface area contributed by atoms with E-state index in [9.17, 15) is 0 Å². The van der Waals surface area contributed by atoms with E-state index in [1.807, 2.05) is 18.2 Å². The average Bonchev–Trinajstić information content (AvgIpc) is 2.79. The predicted octanol–water partition coefficient (Wildman–Crippen LogP) is 6.38. The smallest absolute Gasteiger partial charge is 0.118 e. The molecule has 29 heavy (non-hydrogen) atoms. The molecule has 0 N–H and O–H groups in total. The molecule has 0 saturated heterocycles. The predicted molar refractivity (Wildman–Crippen MR) is 123 cm³/mol. The number of nitrogens with zero attached hydrogens (tertiary/aromatic N) is 1. The lowest BCUT2D eigenvalue weighted by atomic mass is 9.97. The molecule has 0 bridgehead atoms. The molecule has 1 atom stereocenters. The van der Waals surface area contributed by atoms with Crippen molar-refractivity contribution in [1.82, 2.24) is 4.90 Å². The fraction of sp³-hybridized carbons (Fsp3) is 0.185. The molecule has 3 aromatic rings. The molecule has 0 aromatic heterocycles. The fourth-order valence-corrected chi connectivity index (χ4v) is 3.50. The molecule has 0 amide bonds. The highest BCUT2D eigenvalue weighted by Gasteiger charge is 2.15. The lowest BCUT2D eigenvalue weighted by molar-refractivity contribution is 0.260. The van der Waals surface area contributed by atoms with Gasteiger partial charge in [0.2, 0.25) is 0 Å². The Labute approximate surface area is 174 Å². The van der Waals surface area contributed by atoms with Crippen LogP contribution in [-0.4, -0.2) is 25.1 Å². The lowest BCUT2D eigenvalue weighted by Gasteiger charge is -2.28. The number of hydrogen-bond donors (Lipinski definition) is 0. The van der Waals surface area contributed by atoms with E-state index in [-0.39, 0.29) is 6.04 Å². The van der Waals surface area contributed by atoms with Crippen molar-refractivity contribution in [3.63, 3.8) is 0 Å². The van der Waals surface area contributed by atoms with Crippen molar-refractivity contribution in [3.05, 3.63) is 120 Å². The van der Waals surface area contributed by atoms with Gasteiger partial charge in [-0.1, -0.05) is 84.9 Å². The summed E-state index contributed by atoms with van der Waals surface area (Å²) < 4.78 is 5.29. The first-order valence-electron chi connectivity index (χ1n) is 10.0. The van der Waals surface area contributed by atoms with Gasteiger partial charge in [-0.3, -0.25) is 4.90 Å². The molecule has 0 spiro atoms. The van der Waals surface area contributed by atoms with E-state index < -0.39 is 0 Å². The Morgan fingerprint density at radius 1 is 0.862 bits per heavy atom. The summed E-state index contributed by atoms with van der Waals surface area (Å²) in [7, 11) is 1.70. The lowest BCUT2D eigenvalue weighted by Crippen LogP contribution is -2.27. The second-order valence-corrected chi connectivity index (χ2v) is 7.04.